The first-order chi connectivity index (χ1) is 11.1. The van der Waals surface area contributed by atoms with E-state index in [-0.39, 0.29) is 11.8 Å². The SMILES string of the molecule is O=C(O[C@H]1C=C[C@@H]2CC[C@H]3CC[C@@H]1[C@@H]32)c1ccc([N+](=O)[O-])cc1. The van der Waals surface area contributed by atoms with E-state index in [0.29, 0.717) is 23.3 Å². The Balaban J connectivity index is 1.48. The lowest BCUT2D eigenvalue weighted by atomic mass is 9.77. The highest BCUT2D eigenvalue weighted by molar-refractivity contribution is 5.89. The zero-order valence-electron chi connectivity index (χ0n) is 12.8. The lowest BCUT2D eigenvalue weighted by Gasteiger charge is -2.33. The Morgan fingerprint density at radius 1 is 1.09 bits per heavy atom. The normalized spacial score (nSPS) is 34.2. The van der Waals surface area contributed by atoms with Gasteiger partial charge in [-0.05, 0) is 61.6 Å². The lowest BCUT2D eigenvalue weighted by Crippen LogP contribution is -2.34. The minimum absolute atomic E-state index is 0.0217. The van der Waals surface area contributed by atoms with E-state index in [4.69, 9.17) is 4.74 Å². The van der Waals surface area contributed by atoms with E-state index in [1.165, 1.54) is 43.5 Å². The Morgan fingerprint density at radius 2 is 1.83 bits per heavy atom. The molecular formula is C18H19NO4. The number of non-ortho nitro benzene ring substituents is 1. The largest absolute Gasteiger partial charge is 0.454 e. The number of carbonyl (C=O) groups excluding carboxylic acids is 1. The molecule has 3 aliphatic carbocycles. The molecule has 0 heterocycles. The van der Waals surface area contributed by atoms with Gasteiger partial charge in [0, 0.05) is 18.1 Å². The van der Waals surface area contributed by atoms with Crippen LogP contribution in [0.1, 0.15) is 36.0 Å². The zero-order valence-corrected chi connectivity index (χ0v) is 12.8. The first kappa shape index (κ1) is 14.4. The number of nitrogens with zero attached hydrogens (tertiary/aromatic N) is 1. The average molecular weight is 313 g/mol. The van der Waals surface area contributed by atoms with Crippen LogP contribution in [0.3, 0.4) is 0 Å². The van der Waals surface area contributed by atoms with Gasteiger partial charge in [-0.3, -0.25) is 10.1 Å². The van der Waals surface area contributed by atoms with Crippen molar-refractivity contribution in [1.29, 1.82) is 0 Å². The Kier molecular flexibility index (Phi) is 3.43. The van der Waals surface area contributed by atoms with Crippen molar-refractivity contribution in [1.82, 2.24) is 0 Å². The molecule has 5 nitrogen and oxygen atoms in total. The third-order valence-corrected chi connectivity index (χ3v) is 5.80. The molecule has 4 rings (SSSR count). The maximum atomic E-state index is 12.3. The second-order valence-corrected chi connectivity index (χ2v) is 6.88. The molecule has 2 fully saturated rings. The van der Waals surface area contributed by atoms with Gasteiger partial charge in [0.05, 0.1) is 10.5 Å². The molecule has 0 spiro atoms. The number of ether oxygens (including phenoxy) is 1. The number of nitro groups is 1. The van der Waals surface area contributed by atoms with Crippen molar-refractivity contribution in [2.24, 2.45) is 23.7 Å². The number of nitro benzene ring substituents is 1. The van der Waals surface area contributed by atoms with Crippen LogP contribution in [0.25, 0.3) is 0 Å². The van der Waals surface area contributed by atoms with Crippen molar-refractivity contribution in [2.45, 2.75) is 31.8 Å². The Bertz CT molecular complexity index is 666. The fourth-order valence-corrected chi connectivity index (χ4v) is 4.78. The maximum Gasteiger partial charge on any atom is 0.338 e. The Morgan fingerprint density at radius 3 is 2.57 bits per heavy atom. The molecule has 0 amide bonds. The topological polar surface area (TPSA) is 69.4 Å². The minimum Gasteiger partial charge on any atom is -0.454 e. The van der Waals surface area contributed by atoms with Gasteiger partial charge in [0.25, 0.3) is 5.69 Å². The van der Waals surface area contributed by atoms with Crippen LogP contribution in [0.4, 0.5) is 5.69 Å². The number of allylic oxidation sites excluding steroid dienone is 1. The number of carbonyl (C=O) groups is 1. The first-order valence-corrected chi connectivity index (χ1v) is 8.27. The summed E-state index contributed by atoms with van der Waals surface area (Å²) in [5, 5.41) is 10.7. The summed E-state index contributed by atoms with van der Waals surface area (Å²) < 4.78 is 5.72. The third-order valence-electron chi connectivity index (χ3n) is 5.80. The van der Waals surface area contributed by atoms with Gasteiger partial charge in [-0.25, -0.2) is 4.79 Å². The van der Waals surface area contributed by atoms with E-state index in [9.17, 15) is 14.9 Å². The predicted molar refractivity (Wildman–Crippen MR) is 83.9 cm³/mol. The molecule has 0 N–H and O–H groups in total. The first-order valence-electron chi connectivity index (χ1n) is 8.27. The molecule has 120 valence electrons. The van der Waals surface area contributed by atoms with Gasteiger partial charge >= 0.3 is 5.97 Å². The fourth-order valence-electron chi connectivity index (χ4n) is 4.78. The molecule has 1 aromatic carbocycles. The number of hydrogen-bond donors (Lipinski definition) is 0. The van der Waals surface area contributed by atoms with Crippen molar-refractivity contribution in [3.05, 3.63) is 52.1 Å². The van der Waals surface area contributed by atoms with Crippen molar-refractivity contribution in [3.63, 3.8) is 0 Å². The van der Waals surface area contributed by atoms with Gasteiger partial charge in [-0.1, -0.05) is 6.08 Å². The van der Waals surface area contributed by atoms with Crippen LogP contribution in [0.2, 0.25) is 0 Å². The standard InChI is InChI=1S/C18H19NO4/c20-18(13-3-7-14(8-4-13)19(21)22)23-16-10-6-12-2-1-11-5-9-15(16)17(11)12/h3-4,6-8,10-12,15-17H,1-2,5,9H2/t11-,12-,15-,16-,17-/m0/s1. The van der Waals surface area contributed by atoms with E-state index in [1.54, 1.807) is 0 Å². The molecule has 0 saturated heterocycles. The van der Waals surface area contributed by atoms with Crippen LogP contribution in [0, 0.1) is 33.8 Å². The molecule has 23 heavy (non-hydrogen) atoms. The van der Waals surface area contributed by atoms with Gasteiger partial charge in [-0.2, -0.15) is 0 Å². The van der Waals surface area contributed by atoms with E-state index in [0.717, 1.165) is 12.3 Å². The summed E-state index contributed by atoms with van der Waals surface area (Å²) in [7, 11) is 0. The van der Waals surface area contributed by atoms with Gasteiger partial charge < -0.3 is 4.74 Å². The molecule has 5 atom stereocenters. The van der Waals surface area contributed by atoms with Crippen LogP contribution in [-0.4, -0.2) is 17.0 Å². The molecule has 3 aliphatic rings. The van der Waals surface area contributed by atoms with E-state index in [1.807, 2.05) is 0 Å². The minimum atomic E-state index is -0.474. The summed E-state index contributed by atoms with van der Waals surface area (Å²) in [4.78, 5) is 22.5. The number of benzene rings is 1. The maximum absolute atomic E-state index is 12.3. The van der Waals surface area contributed by atoms with Gasteiger partial charge in [0.1, 0.15) is 6.10 Å². The lowest BCUT2D eigenvalue weighted by molar-refractivity contribution is -0.384. The average Bonchev–Trinajstić information content (AvgIpc) is 3.16. The Labute approximate surface area is 134 Å². The summed E-state index contributed by atoms with van der Waals surface area (Å²) in [6, 6.07) is 5.60. The van der Waals surface area contributed by atoms with Crippen molar-refractivity contribution in [2.75, 3.05) is 0 Å². The van der Waals surface area contributed by atoms with E-state index in [2.05, 4.69) is 12.2 Å². The molecule has 0 unspecified atom stereocenters. The van der Waals surface area contributed by atoms with Crippen molar-refractivity contribution >= 4 is 11.7 Å². The fraction of sp³-hybridized carbons (Fsp3) is 0.500. The third kappa shape index (κ3) is 2.44. The van der Waals surface area contributed by atoms with E-state index < -0.39 is 10.9 Å². The molecular weight excluding hydrogens is 294 g/mol. The Hall–Kier alpha value is -2.17. The highest BCUT2D eigenvalue weighted by atomic mass is 16.6. The highest BCUT2D eigenvalue weighted by Gasteiger charge is 2.49. The molecule has 0 aromatic heterocycles. The second-order valence-electron chi connectivity index (χ2n) is 6.88. The van der Waals surface area contributed by atoms with Crippen LogP contribution < -0.4 is 0 Å². The highest BCUT2D eigenvalue weighted by Crippen LogP contribution is 2.54. The predicted octanol–water partition coefficient (Wildman–Crippen LogP) is 3.74. The number of hydrogen-bond acceptors (Lipinski definition) is 4. The molecule has 0 radical (unpaired) electrons. The van der Waals surface area contributed by atoms with Crippen LogP contribution in [-0.2, 0) is 4.74 Å². The van der Waals surface area contributed by atoms with E-state index >= 15 is 0 Å². The van der Waals surface area contributed by atoms with Gasteiger partial charge in [0.15, 0.2) is 0 Å². The van der Waals surface area contributed by atoms with Crippen LogP contribution in [0.15, 0.2) is 36.4 Å². The molecule has 5 heteroatoms. The van der Waals surface area contributed by atoms with Crippen molar-refractivity contribution < 1.29 is 14.5 Å². The van der Waals surface area contributed by atoms with Crippen LogP contribution >= 0.6 is 0 Å². The monoisotopic (exact) mass is 313 g/mol. The summed E-state index contributed by atoms with van der Waals surface area (Å²) in [5.74, 6) is 2.20. The number of esters is 1. The second kappa shape index (κ2) is 5.48. The van der Waals surface area contributed by atoms with Crippen molar-refractivity contribution in [3.8, 4) is 0 Å². The van der Waals surface area contributed by atoms with Gasteiger partial charge in [-0.15, -0.1) is 0 Å². The summed E-state index contributed by atoms with van der Waals surface area (Å²) >= 11 is 0. The smallest absolute Gasteiger partial charge is 0.338 e. The molecule has 2 saturated carbocycles. The molecule has 0 bridgehead atoms. The summed E-state index contributed by atoms with van der Waals surface area (Å²) in [6.07, 6.45) is 9.10. The summed E-state index contributed by atoms with van der Waals surface area (Å²) in [6.45, 7) is 0. The van der Waals surface area contributed by atoms with Gasteiger partial charge in [0.2, 0.25) is 0 Å². The molecule has 1 aromatic rings. The summed E-state index contributed by atoms with van der Waals surface area (Å²) in [5.41, 5.74) is 0.346. The van der Waals surface area contributed by atoms with Crippen LogP contribution in [0.5, 0.6) is 0 Å². The molecule has 0 aliphatic heterocycles. The zero-order chi connectivity index (χ0) is 16.0. The number of rotatable bonds is 3. The quantitative estimate of drug-likeness (QED) is 0.369.